The van der Waals surface area contributed by atoms with E-state index in [1.54, 1.807) is 23.6 Å². The fourth-order valence-electron chi connectivity index (χ4n) is 2.57. The highest BCUT2D eigenvalue weighted by Crippen LogP contribution is 2.29. The van der Waals surface area contributed by atoms with Crippen LogP contribution in [0.4, 0.5) is 0 Å². The molecule has 0 radical (unpaired) electrons. The Bertz CT molecular complexity index is 759. The van der Waals surface area contributed by atoms with Gasteiger partial charge >= 0.3 is 5.97 Å². The summed E-state index contributed by atoms with van der Waals surface area (Å²) in [6.45, 7) is 3.97. The third-order valence-electron chi connectivity index (χ3n) is 3.68. The van der Waals surface area contributed by atoms with Gasteiger partial charge < -0.3 is 9.90 Å². The van der Waals surface area contributed by atoms with E-state index >= 15 is 0 Å². The Hall–Kier alpha value is -1.47. The van der Waals surface area contributed by atoms with E-state index in [4.69, 9.17) is 23.2 Å². The van der Waals surface area contributed by atoms with Gasteiger partial charge in [0, 0.05) is 27.4 Å². The van der Waals surface area contributed by atoms with E-state index in [2.05, 4.69) is 10.3 Å². The fourth-order valence-corrected chi connectivity index (χ4v) is 3.91. The number of carboxylic acids is 1. The van der Waals surface area contributed by atoms with Crippen LogP contribution in [-0.4, -0.2) is 34.4 Å². The highest BCUT2D eigenvalue weighted by Gasteiger charge is 2.23. The Kier molecular flexibility index (Phi) is 7.58. The largest absolute Gasteiger partial charge is 0.480 e. The number of nitrogens with zero attached hydrogens (tertiary/aromatic N) is 1. The van der Waals surface area contributed by atoms with Crippen LogP contribution in [0.1, 0.15) is 26.0 Å². The second-order valence-corrected chi connectivity index (χ2v) is 8.17. The van der Waals surface area contributed by atoms with Crippen LogP contribution in [0.25, 0.3) is 10.6 Å². The molecule has 0 amide bonds. The molecule has 0 saturated carbocycles. The number of benzene rings is 1. The van der Waals surface area contributed by atoms with E-state index in [1.165, 1.54) is 11.3 Å². The standard InChI is InChI=1S/C18H20Cl2N2O3S/c1-10(2)3-14(8-23)21-16(18(24)25)7-15-9-26-17(22-15)11-4-12(19)6-13(20)5-11/h4-6,8-10,14,16,21H,3,7H2,1-2H3,(H,24,25)/t14-,16-/m0/s1. The number of aldehydes is 1. The summed E-state index contributed by atoms with van der Waals surface area (Å²) in [6, 6.07) is 3.77. The molecule has 1 heterocycles. The molecule has 0 fully saturated rings. The molecule has 140 valence electrons. The summed E-state index contributed by atoms with van der Waals surface area (Å²) in [5.74, 6) is -0.730. The predicted octanol–water partition coefficient (Wildman–Crippen LogP) is 4.32. The SMILES string of the molecule is CC(C)C[C@@H](C=O)N[C@@H](Cc1csc(-c2cc(Cl)cc(Cl)c2)n1)C(=O)O. The molecule has 2 aromatic rings. The molecule has 0 aliphatic heterocycles. The Morgan fingerprint density at radius 1 is 1.31 bits per heavy atom. The number of hydrogen-bond donors (Lipinski definition) is 2. The van der Waals surface area contributed by atoms with Crippen LogP contribution in [0.3, 0.4) is 0 Å². The monoisotopic (exact) mass is 414 g/mol. The molecule has 0 aliphatic carbocycles. The van der Waals surface area contributed by atoms with Crippen molar-refractivity contribution < 1.29 is 14.7 Å². The van der Waals surface area contributed by atoms with Gasteiger partial charge in [-0.3, -0.25) is 10.1 Å². The average Bonchev–Trinajstić information content (AvgIpc) is 3.00. The molecule has 0 aliphatic rings. The highest BCUT2D eigenvalue weighted by molar-refractivity contribution is 7.13. The quantitative estimate of drug-likeness (QED) is 0.597. The number of thiazole rings is 1. The first-order chi connectivity index (χ1) is 12.3. The maximum absolute atomic E-state index is 11.6. The lowest BCUT2D eigenvalue weighted by Gasteiger charge is -2.20. The Labute approximate surface area is 166 Å². The molecule has 8 heteroatoms. The minimum Gasteiger partial charge on any atom is -0.480 e. The maximum Gasteiger partial charge on any atom is 0.321 e. The molecule has 2 N–H and O–H groups in total. The van der Waals surface area contributed by atoms with Crippen LogP contribution in [0.15, 0.2) is 23.6 Å². The molecule has 0 bridgehead atoms. The number of hydrogen-bond acceptors (Lipinski definition) is 5. The van der Waals surface area contributed by atoms with Gasteiger partial charge in [-0.1, -0.05) is 37.0 Å². The van der Waals surface area contributed by atoms with Crippen molar-refractivity contribution in [1.29, 1.82) is 0 Å². The minimum absolute atomic E-state index is 0.183. The number of aromatic nitrogens is 1. The molecular weight excluding hydrogens is 395 g/mol. The molecule has 0 saturated heterocycles. The first-order valence-electron chi connectivity index (χ1n) is 8.13. The third kappa shape index (κ3) is 6.06. The van der Waals surface area contributed by atoms with Crippen LogP contribution in [0.5, 0.6) is 0 Å². The third-order valence-corrected chi connectivity index (χ3v) is 5.05. The highest BCUT2D eigenvalue weighted by atomic mass is 35.5. The second-order valence-electron chi connectivity index (χ2n) is 6.44. The van der Waals surface area contributed by atoms with Crippen molar-refractivity contribution in [2.24, 2.45) is 5.92 Å². The van der Waals surface area contributed by atoms with E-state index in [9.17, 15) is 14.7 Å². The van der Waals surface area contributed by atoms with Crippen molar-refractivity contribution in [3.63, 3.8) is 0 Å². The van der Waals surface area contributed by atoms with Gasteiger partial charge in [0.15, 0.2) is 0 Å². The van der Waals surface area contributed by atoms with E-state index in [0.29, 0.717) is 27.2 Å². The smallest absolute Gasteiger partial charge is 0.321 e. The van der Waals surface area contributed by atoms with Crippen molar-refractivity contribution in [1.82, 2.24) is 10.3 Å². The van der Waals surface area contributed by atoms with Crippen molar-refractivity contribution in [2.45, 2.75) is 38.8 Å². The zero-order valence-corrected chi connectivity index (χ0v) is 16.7. The number of nitrogens with one attached hydrogen (secondary N) is 1. The van der Waals surface area contributed by atoms with Gasteiger partial charge in [0.25, 0.3) is 0 Å². The van der Waals surface area contributed by atoms with Crippen LogP contribution < -0.4 is 5.32 Å². The zero-order chi connectivity index (χ0) is 19.3. The van der Waals surface area contributed by atoms with Crippen molar-refractivity contribution >= 4 is 46.8 Å². The van der Waals surface area contributed by atoms with Gasteiger partial charge in [0.2, 0.25) is 0 Å². The number of rotatable bonds is 9. The first kappa shape index (κ1) is 20.8. The van der Waals surface area contributed by atoms with Gasteiger partial charge in [-0.25, -0.2) is 4.98 Å². The van der Waals surface area contributed by atoms with Crippen LogP contribution in [0, 0.1) is 5.92 Å². The molecule has 2 rings (SSSR count). The van der Waals surface area contributed by atoms with E-state index < -0.39 is 18.1 Å². The molecule has 1 aromatic heterocycles. The van der Waals surface area contributed by atoms with Gasteiger partial charge in [-0.05, 0) is 30.5 Å². The van der Waals surface area contributed by atoms with Gasteiger partial charge in [0.05, 0.1) is 11.7 Å². The first-order valence-corrected chi connectivity index (χ1v) is 9.77. The molecule has 1 aromatic carbocycles. The van der Waals surface area contributed by atoms with E-state index in [0.717, 1.165) is 11.8 Å². The summed E-state index contributed by atoms with van der Waals surface area (Å²) >= 11 is 13.4. The molecule has 0 spiro atoms. The van der Waals surface area contributed by atoms with E-state index in [-0.39, 0.29) is 12.3 Å². The van der Waals surface area contributed by atoms with Gasteiger partial charge in [-0.15, -0.1) is 11.3 Å². The fraction of sp³-hybridized carbons (Fsp3) is 0.389. The zero-order valence-electron chi connectivity index (χ0n) is 14.4. The lowest BCUT2D eigenvalue weighted by molar-refractivity contribution is -0.139. The lowest BCUT2D eigenvalue weighted by Crippen LogP contribution is -2.46. The Morgan fingerprint density at radius 3 is 2.50 bits per heavy atom. The lowest BCUT2D eigenvalue weighted by atomic mass is 10.0. The number of aliphatic carboxylic acids is 1. The molecular formula is C18H20Cl2N2O3S. The number of carboxylic acid groups (broad SMARTS) is 1. The maximum atomic E-state index is 11.6. The van der Waals surface area contributed by atoms with Crippen molar-refractivity contribution in [3.05, 3.63) is 39.3 Å². The summed E-state index contributed by atoms with van der Waals surface area (Å²) < 4.78 is 0. The molecule has 2 atom stereocenters. The number of carbonyl (C=O) groups excluding carboxylic acids is 1. The minimum atomic E-state index is -1.01. The predicted molar refractivity (Wildman–Crippen MR) is 105 cm³/mol. The summed E-state index contributed by atoms with van der Waals surface area (Å²) in [5.41, 5.74) is 1.42. The van der Waals surface area contributed by atoms with Crippen LogP contribution in [-0.2, 0) is 16.0 Å². The normalized spacial score (nSPS) is 13.6. The van der Waals surface area contributed by atoms with Crippen molar-refractivity contribution in [2.75, 3.05) is 0 Å². The summed E-state index contributed by atoms with van der Waals surface area (Å²) in [4.78, 5) is 27.3. The second kappa shape index (κ2) is 9.46. The van der Waals surface area contributed by atoms with Gasteiger partial charge in [-0.2, -0.15) is 0 Å². The van der Waals surface area contributed by atoms with Crippen LogP contribution in [0.2, 0.25) is 10.0 Å². The van der Waals surface area contributed by atoms with Crippen LogP contribution >= 0.6 is 34.5 Å². The summed E-state index contributed by atoms with van der Waals surface area (Å²) in [5, 5.41) is 15.9. The Balaban J connectivity index is 2.13. The molecule has 0 unspecified atom stereocenters. The molecule has 26 heavy (non-hydrogen) atoms. The summed E-state index contributed by atoms with van der Waals surface area (Å²) in [7, 11) is 0. The Morgan fingerprint density at radius 2 is 1.96 bits per heavy atom. The average molecular weight is 415 g/mol. The topological polar surface area (TPSA) is 79.3 Å². The summed E-state index contributed by atoms with van der Waals surface area (Å²) in [6.07, 6.45) is 1.52. The van der Waals surface area contributed by atoms with Gasteiger partial charge in [0.1, 0.15) is 17.3 Å². The van der Waals surface area contributed by atoms with Crippen molar-refractivity contribution in [3.8, 4) is 10.6 Å². The number of halogens is 2. The molecule has 5 nitrogen and oxygen atoms in total. The van der Waals surface area contributed by atoms with E-state index in [1.807, 2.05) is 13.8 Å². The number of carbonyl (C=O) groups is 2.